The largest absolute Gasteiger partial charge is 0.362 e. The summed E-state index contributed by atoms with van der Waals surface area (Å²) in [5, 5.41) is 6.17. The van der Waals surface area contributed by atoms with Crippen LogP contribution >= 0.6 is 20.7 Å². The minimum Gasteiger partial charge on any atom is -0.362 e. The zero-order valence-corrected chi connectivity index (χ0v) is 9.78. The van der Waals surface area contributed by atoms with Gasteiger partial charge in [-0.05, 0) is 17.9 Å². The van der Waals surface area contributed by atoms with Crippen molar-refractivity contribution in [2.45, 2.75) is 6.42 Å². The van der Waals surface area contributed by atoms with Crippen molar-refractivity contribution in [3.8, 4) is 0 Å². The van der Waals surface area contributed by atoms with Crippen molar-refractivity contribution >= 4 is 25.2 Å². The summed E-state index contributed by atoms with van der Waals surface area (Å²) in [6.45, 7) is 8.55. The molecule has 0 unspecified atom stereocenters. The summed E-state index contributed by atoms with van der Waals surface area (Å²) in [5.41, 5.74) is 2.03. The summed E-state index contributed by atoms with van der Waals surface area (Å²) < 4.78 is 5.07. The van der Waals surface area contributed by atoms with Crippen LogP contribution in [0.5, 0.6) is 0 Å². The second-order valence-corrected chi connectivity index (χ2v) is 4.65. The van der Waals surface area contributed by atoms with Gasteiger partial charge in [0.1, 0.15) is 0 Å². The second kappa shape index (κ2) is 7.49. The van der Waals surface area contributed by atoms with Gasteiger partial charge in [0.15, 0.2) is 0 Å². The Bertz CT molecular complexity index is 175. The van der Waals surface area contributed by atoms with Gasteiger partial charge in [-0.25, -0.2) is 0 Å². The van der Waals surface area contributed by atoms with Crippen molar-refractivity contribution in [1.29, 1.82) is 0 Å². The Balaban J connectivity index is 3.54. The minimum atomic E-state index is 0.143. The molecule has 0 heterocycles. The van der Waals surface area contributed by atoms with E-state index in [2.05, 4.69) is 28.3 Å². The van der Waals surface area contributed by atoms with E-state index in [1.165, 1.54) is 4.43 Å². The Labute approximate surface area is 84.9 Å². The number of nitrogens with one attached hydrogen (secondary N) is 2. The van der Waals surface area contributed by atoms with E-state index in [1.54, 1.807) is 0 Å². The first-order valence-electron chi connectivity index (χ1n) is 3.80. The van der Waals surface area contributed by atoms with Gasteiger partial charge < -0.3 is 10.6 Å². The summed E-state index contributed by atoms with van der Waals surface area (Å²) >= 11 is 0.143. The molecular formula is C9H17IN2. The van der Waals surface area contributed by atoms with Gasteiger partial charge in [-0.3, -0.25) is 0 Å². The summed E-state index contributed by atoms with van der Waals surface area (Å²) in [5.74, 6) is 0. The lowest BCUT2D eigenvalue weighted by atomic mass is 10.3. The van der Waals surface area contributed by atoms with E-state index in [1.807, 2.05) is 7.05 Å². The average Bonchev–Trinajstić information content (AvgIpc) is 2.01. The summed E-state index contributed by atoms with van der Waals surface area (Å²) in [6.07, 6.45) is 1.03. The van der Waals surface area contributed by atoms with Crippen molar-refractivity contribution < 1.29 is 0 Å². The van der Waals surface area contributed by atoms with E-state index in [0.29, 0.717) is 0 Å². The molecule has 0 aliphatic rings. The maximum atomic E-state index is 3.90. The first-order chi connectivity index (χ1) is 5.70. The third-order valence-corrected chi connectivity index (χ3v) is 2.58. The predicted molar refractivity (Wildman–Crippen MR) is 66.0 cm³/mol. The van der Waals surface area contributed by atoms with Gasteiger partial charge in [0, 0.05) is 17.9 Å². The highest BCUT2D eigenvalue weighted by Crippen LogP contribution is 2.02. The third-order valence-electron chi connectivity index (χ3n) is 1.27. The van der Waals surface area contributed by atoms with E-state index >= 15 is 0 Å². The molecule has 0 radical (unpaired) electrons. The molecule has 0 aliphatic carbocycles. The zero-order valence-electron chi connectivity index (χ0n) is 7.62. The molecule has 0 aliphatic heterocycles. The molecule has 0 aromatic heterocycles. The molecule has 12 heavy (non-hydrogen) atoms. The average molecular weight is 280 g/mol. The fourth-order valence-electron chi connectivity index (χ4n) is 0.751. The smallest absolute Gasteiger partial charge is 0.0348 e. The maximum Gasteiger partial charge on any atom is 0.0348 e. The molecule has 0 spiro atoms. The van der Waals surface area contributed by atoms with Crippen molar-refractivity contribution in [2.24, 2.45) is 0 Å². The van der Waals surface area contributed by atoms with Gasteiger partial charge in [-0.1, -0.05) is 17.7 Å². The van der Waals surface area contributed by atoms with Crippen molar-refractivity contribution in [1.82, 2.24) is 10.6 Å². The molecule has 0 rings (SSSR count). The number of hydrogen-bond donors (Lipinski definition) is 2. The van der Waals surface area contributed by atoms with Crippen LogP contribution in [0, 0.1) is 0 Å². The number of likely N-dealkylation sites (N-methyl/N-ethyl adjacent to an activating group) is 1. The molecule has 0 saturated heterocycles. The van der Waals surface area contributed by atoms with Crippen LogP contribution in [0.15, 0.2) is 24.6 Å². The Hall–Kier alpha value is -0.160. The lowest BCUT2D eigenvalue weighted by Gasteiger charge is -2.10. The molecule has 0 amide bonds. The topological polar surface area (TPSA) is 24.1 Å². The SMILES string of the molecule is C=ICCC(=C)NC(=C)CNC. The quantitative estimate of drug-likeness (QED) is 0.547. The third kappa shape index (κ3) is 6.54. The molecule has 3 heteroatoms. The van der Waals surface area contributed by atoms with Crippen LogP contribution in [-0.4, -0.2) is 22.5 Å². The second-order valence-electron chi connectivity index (χ2n) is 2.49. The lowest BCUT2D eigenvalue weighted by Crippen LogP contribution is -2.21. The highest BCUT2D eigenvalue weighted by molar-refractivity contribution is 14.2. The maximum absolute atomic E-state index is 3.90. The van der Waals surface area contributed by atoms with Crippen LogP contribution in [0.3, 0.4) is 0 Å². The van der Waals surface area contributed by atoms with Crippen LogP contribution < -0.4 is 10.6 Å². The van der Waals surface area contributed by atoms with E-state index in [-0.39, 0.29) is 20.7 Å². The minimum absolute atomic E-state index is 0.143. The molecule has 2 N–H and O–H groups in total. The van der Waals surface area contributed by atoms with Gasteiger partial charge >= 0.3 is 0 Å². The standard InChI is InChI=1S/C9H17IN2/c1-8(5-6-10-3)12-9(2)7-11-4/h11-12H,1-3,5-7H2,4H3. The summed E-state index contributed by atoms with van der Waals surface area (Å²) in [6, 6.07) is 0. The zero-order chi connectivity index (χ0) is 9.40. The molecule has 0 bridgehead atoms. The van der Waals surface area contributed by atoms with Crippen molar-refractivity contribution in [3.63, 3.8) is 0 Å². The predicted octanol–water partition coefficient (Wildman–Crippen LogP) is 1.62. The molecule has 0 aromatic carbocycles. The Morgan fingerprint density at radius 2 is 2.00 bits per heavy atom. The van der Waals surface area contributed by atoms with Crippen molar-refractivity contribution in [3.05, 3.63) is 24.6 Å². The van der Waals surface area contributed by atoms with Crippen LogP contribution in [0.4, 0.5) is 0 Å². The molecular weight excluding hydrogens is 263 g/mol. The fraction of sp³-hybridized carbons (Fsp3) is 0.444. The normalized spacial score (nSPS) is 9.42. The number of rotatable bonds is 7. The number of halogens is 1. The Morgan fingerprint density at radius 1 is 1.33 bits per heavy atom. The lowest BCUT2D eigenvalue weighted by molar-refractivity contribution is 0.798. The Morgan fingerprint density at radius 3 is 2.50 bits per heavy atom. The first kappa shape index (κ1) is 11.8. The molecule has 0 saturated carbocycles. The fourth-order valence-corrected chi connectivity index (χ4v) is 1.78. The molecule has 2 nitrogen and oxygen atoms in total. The van der Waals surface area contributed by atoms with Crippen LogP contribution in [0.1, 0.15) is 6.42 Å². The molecule has 70 valence electrons. The van der Waals surface area contributed by atoms with Gasteiger partial charge in [0.25, 0.3) is 0 Å². The number of alkyl halides is 1. The summed E-state index contributed by atoms with van der Waals surface area (Å²) in [7, 11) is 1.90. The van der Waals surface area contributed by atoms with E-state index in [4.69, 9.17) is 0 Å². The molecule has 0 atom stereocenters. The molecule has 0 aromatic rings. The highest BCUT2D eigenvalue weighted by Gasteiger charge is 1.94. The van der Waals surface area contributed by atoms with E-state index in [0.717, 1.165) is 24.4 Å². The van der Waals surface area contributed by atoms with E-state index < -0.39 is 0 Å². The Kier molecular flexibility index (Phi) is 7.39. The number of hydrogen-bond acceptors (Lipinski definition) is 2. The monoisotopic (exact) mass is 280 g/mol. The van der Waals surface area contributed by atoms with Crippen LogP contribution in [-0.2, 0) is 0 Å². The first-order valence-corrected chi connectivity index (χ1v) is 6.85. The summed E-state index contributed by atoms with van der Waals surface area (Å²) in [4.78, 5) is 0. The van der Waals surface area contributed by atoms with Crippen molar-refractivity contribution in [2.75, 3.05) is 18.0 Å². The number of allylic oxidation sites excluding steroid dienone is 1. The van der Waals surface area contributed by atoms with Gasteiger partial charge in [0.05, 0.1) is 0 Å². The van der Waals surface area contributed by atoms with Gasteiger partial charge in [-0.2, -0.15) is 0 Å². The van der Waals surface area contributed by atoms with Gasteiger partial charge in [-0.15, -0.1) is 20.7 Å². The molecule has 0 fully saturated rings. The van der Waals surface area contributed by atoms with Gasteiger partial charge in [0.2, 0.25) is 0 Å². The van der Waals surface area contributed by atoms with Crippen LogP contribution in [0.2, 0.25) is 0 Å². The highest BCUT2D eigenvalue weighted by atomic mass is 127. The van der Waals surface area contributed by atoms with E-state index in [9.17, 15) is 0 Å². The van der Waals surface area contributed by atoms with Crippen LogP contribution in [0.25, 0.3) is 0 Å².